The number of hydrogen-bond acceptors (Lipinski definition) is 3. The van der Waals surface area contributed by atoms with E-state index >= 15 is 0 Å². The molecule has 92 valence electrons. The molecule has 16 heavy (non-hydrogen) atoms. The van der Waals surface area contributed by atoms with Gasteiger partial charge in [-0.15, -0.1) is 0 Å². The smallest absolute Gasteiger partial charge is 0.333 e. The highest BCUT2D eigenvalue weighted by Crippen LogP contribution is 2.06. The Balaban J connectivity index is 3.55. The summed E-state index contributed by atoms with van der Waals surface area (Å²) in [5, 5.41) is 8.42. The van der Waals surface area contributed by atoms with Gasteiger partial charge in [-0.2, -0.15) is 0 Å². The van der Waals surface area contributed by atoms with Crippen molar-refractivity contribution in [2.75, 3.05) is 6.61 Å². The molecule has 0 aromatic carbocycles. The quantitative estimate of drug-likeness (QED) is 0.374. The molecule has 0 aliphatic heterocycles. The van der Waals surface area contributed by atoms with Crippen molar-refractivity contribution in [2.45, 2.75) is 45.4 Å². The standard InChI is InChI=1S/C12H20O4/c1-3-4-5-6-9-16-12(15)10(2)7-8-11(13)14/h2-9H2,1H3,(H,13,14). The average Bonchev–Trinajstić information content (AvgIpc) is 2.25. The normalized spacial score (nSPS) is 9.81. The van der Waals surface area contributed by atoms with Gasteiger partial charge in [0.05, 0.1) is 6.61 Å². The summed E-state index contributed by atoms with van der Waals surface area (Å²) >= 11 is 0. The van der Waals surface area contributed by atoms with Crippen LogP contribution in [0.4, 0.5) is 0 Å². The van der Waals surface area contributed by atoms with E-state index in [9.17, 15) is 9.59 Å². The first-order valence-electron chi connectivity index (χ1n) is 5.64. The van der Waals surface area contributed by atoms with Gasteiger partial charge in [-0.25, -0.2) is 4.79 Å². The van der Waals surface area contributed by atoms with Crippen LogP contribution in [0, 0.1) is 0 Å². The molecule has 4 nitrogen and oxygen atoms in total. The summed E-state index contributed by atoms with van der Waals surface area (Å²) in [6.07, 6.45) is 4.25. The summed E-state index contributed by atoms with van der Waals surface area (Å²) in [6, 6.07) is 0. The molecule has 0 atom stereocenters. The Bertz CT molecular complexity index is 245. The van der Waals surface area contributed by atoms with E-state index in [0.717, 1.165) is 25.7 Å². The van der Waals surface area contributed by atoms with Crippen molar-refractivity contribution >= 4 is 11.9 Å². The molecule has 0 bridgehead atoms. The minimum atomic E-state index is -0.933. The minimum Gasteiger partial charge on any atom is -0.481 e. The Hall–Kier alpha value is -1.32. The van der Waals surface area contributed by atoms with E-state index < -0.39 is 11.9 Å². The molecule has 0 aliphatic carbocycles. The maximum Gasteiger partial charge on any atom is 0.333 e. The molecule has 0 heterocycles. The van der Waals surface area contributed by atoms with E-state index in [-0.39, 0.29) is 18.4 Å². The molecule has 0 saturated carbocycles. The van der Waals surface area contributed by atoms with Crippen molar-refractivity contribution in [2.24, 2.45) is 0 Å². The van der Waals surface area contributed by atoms with Crippen LogP contribution in [0.1, 0.15) is 45.4 Å². The topological polar surface area (TPSA) is 63.6 Å². The summed E-state index contributed by atoms with van der Waals surface area (Å²) in [6.45, 7) is 6.01. The van der Waals surface area contributed by atoms with Gasteiger partial charge in [0.25, 0.3) is 0 Å². The highest BCUT2D eigenvalue weighted by molar-refractivity contribution is 5.88. The molecule has 0 aromatic rings. The average molecular weight is 228 g/mol. The lowest BCUT2D eigenvalue weighted by Crippen LogP contribution is -2.09. The number of ether oxygens (including phenoxy) is 1. The summed E-state index contributed by atoms with van der Waals surface area (Å²) in [4.78, 5) is 21.5. The van der Waals surface area contributed by atoms with Gasteiger partial charge >= 0.3 is 11.9 Å². The molecule has 0 aromatic heterocycles. The molecule has 0 amide bonds. The van der Waals surface area contributed by atoms with E-state index in [0.29, 0.717) is 6.61 Å². The van der Waals surface area contributed by atoms with E-state index in [1.165, 1.54) is 0 Å². The highest BCUT2D eigenvalue weighted by atomic mass is 16.5. The Kier molecular flexibility index (Phi) is 8.21. The van der Waals surface area contributed by atoms with Crippen molar-refractivity contribution in [3.05, 3.63) is 12.2 Å². The van der Waals surface area contributed by atoms with Gasteiger partial charge in [-0.05, 0) is 12.8 Å². The van der Waals surface area contributed by atoms with Gasteiger partial charge < -0.3 is 9.84 Å². The van der Waals surface area contributed by atoms with Gasteiger partial charge in [-0.3, -0.25) is 4.79 Å². The lowest BCUT2D eigenvalue weighted by molar-refractivity contribution is -0.139. The van der Waals surface area contributed by atoms with Crippen LogP contribution in [0.3, 0.4) is 0 Å². The second-order valence-electron chi connectivity index (χ2n) is 3.69. The Morgan fingerprint density at radius 2 is 1.88 bits per heavy atom. The number of carboxylic acid groups (broad SMARTS) is 1. The Labute approximate surface area is 96.3 Å². The van der Waals surface area contributed by atoms with Crippen LogP contribution in [-0.4, -0.2) is 23.7 Å². The number of rotatable bonds is 9. The van der Waals surface area contributed by atoms with Gasteiger partial charge in [0.1, 0.15) is 0 Å². The summed E-state index contributed by atoms with van der Waals surface area (Å²) < 4.78 is 4.95. The molecule has 0 spiro atoms. The predicted octanol–water partition coefficient (Wildman–Crippen LogP) is 2.53. The maximum atomic E-state index is 11.3. The molecule has 0 radical (unpaired) electrons. The first-order valence-corrected chi connectivity index (χ1v) is 5.64. The molecular formula is C12H20O4. The summed E-state index contributed by atoms with van der Waals surface area (Å²) in [5.74, 6) is -1.41. The SMILES string of the molecule is C=C(CCC(=O)O)C(=O)OCCCCCC. The number of aliphatic carboxylic acids is 1. The fourth-order valence-corrected chi connectivity index (χ4v) is 1.16. The van der Waals surface area contributed by atoms with E-state index in [1.807, 2.05) is 0 Å². The number of hydrogen-bond donors (Lipinski definition) is 1. The zero-order valence-corrected chi connectivity index (χ0v) is 9.83. The van der Waals surface area contributed by atoms with Crippen molar-refractivity contribution in [1.29, 1.82) is 0 Å². The molecule has 0 saturated heterocycles. The first kappa shape index (κ1) is 14.7. The number of unbranched alkanes of at least 4 members (excludes halogenated alkanes) is 3. The highest BCUT2D eigenvalue weighted by Gasteiger charge is 2.09. The maximum absolute atomic E-state index is 11.3. The van der Waals surface area contributed by atoms with Crippen LogP contribution < -0.4 is 0 Å². The lowest BCUT2D eigenvalue weighted by Gasteiger charge is -2.05. The number of carbonyl (C=O) groups is 2. The van der Waals surface area contributed by atoms with Gasteiger partial charge in [0, 0.05) is 12.0 Å². The monoisotopic (exact) mass is 228 g/mol. The van der Waals surface area contributed by atoms with Crippen LogP contribution in [0.5, 0.6) is 0 Å². The van der Waals surface area contributed by atoms with Gasteiger partial charge in [0.2, 0.25) is 0 Å². The van der Waals surface area contributed by atoms with Crippen molar-refractivity contribution in [3.8, 4) is 0 Å². The largest absolute Gasteiger partial charge is 0.481 e. The second kappa shape index (κ2) is 8.95. The third-order valence-electron chi connectivity index (χ3n) is 2.16. The van der Waals surface area contributed by atoms with Crippen molar-refractivity contribution in [1.82, 2.24) is 0 Å². The van der Waals surface area contributed by atoms with Crippen molar-refractivity contribution < 1.29 is 19.4 Å². The van der Waals surface area contributed by atoms with Gasteiger partial charge in [-0.1, -0.05) is 32.8 Å². The Morgan fingerprint density at radius 3 is 2.44 bits per heavy atom. The third kappa shape index (κ3) is 8.03. The zero-order valence-electron chi connectivity index (χ0n) is 9.83. The molecule has 0 unspecified atom stereocenters. The zero-order chi connectivity index (χ0) is 12.4. The minimum absolute atomic E-state index is 0.0796. The summed E-state index contributed by atoms with van der Waals surface area (Å²) in [5.41, 5.74) is 0.234. The van der Waals surface area contributed by atoms with E-state index in [1.54, 1.807) is 0 Å². The van der Waals surface area contributed by atoms with Crippen LogP contribution in [-0.2, 0) is 14.3 Å². The van der Waals surface area contributed by atoms with Crippen LogP contribution in [0.15, 0.2) is 12.2 Å². The lowest BCUT2D eigenvalue weighted by atomic mass is 10.1. The number of carboxylic acids is 1. The van der Waals surface area contributed by atoms with Crippen molar-refractivity contribution in [3.63, 3.8) is 0 Å². The van der Waals surface area contributed by atoms with Crippen LogP contribution >= 0.6 is 0 Å². The first-order chi connectivity index (χ1) is 7.57. The predicted molar refractivity (Wildman–Crippen MR) is 61.1 cm³/mol. The van der Waals surface area contributed by atoms with Crippen LogP contribution in [0.25, 0.3) is 0 Å². The second-order valence-corrected chi connectivity index (χ2v) is 3.69. The van der Waals surface area contributed by atoms with Crippen LogP contribution in [0.2, 0.25) is 0 Å². The molecular weight excluding hydrogens is 208 g/mol. The molecule has 1 N–H and O–H groups in total. The van der Waals surface area contributed by atoms with E-state index in [4.69, 9.17) is 9.84 Å². The van der Waals surface area contributed by atoms with Gasteiger partial charge in [0.15, 0.2) is 0 Å². The molecule has 0 rings (SSSR count). The molecule has 4 heteroatoms. The fraction of sp³-hybridized carbons (Fsp3) is 0.667. The summed E-state index contributed by atoms with van der Waals surface area (Å²) in [7, 11) is 0. The molecule has 0 fully saturated rings. The Morgan fingerprint density at radius 1 is 1.19 bits per heavy atom. The fourth-order valence-electron chi connectivity index (χ4n) is 1.16. The molecule has 0 aliphatic rings. The number of esters is 1. The number of carbonyl (C=O) groups excluding carboxylic acids is 1. The third-order valence-corrected chi connectivity index (χ3v) is 2.16. The van der Waals surface area contributed by atoms with E-state index in [2.05, 4.69) is 13.5 Å².